The van der Waals surface area contributed by atoms with E-state index >= 15 is 0 Å². The fourth-order valence-electron chi connectivity index (χ4n) is 3.24. The highest BCUT2D eigenvalue weighted by molar-refractivity contribution is 7.91. The minimum absolute atomic E-state index is 0.106. The van der Waals surface area contributed by atoms with Crippen LogP contribution < -0.4 is 10.1 Å². The van der Waals surface area contributed by atoms with E-state index in [0.29, 0.717) is 49.2 Å². The van der Waals surface area contributed by atoms with Gasteiger partial charge >= 0.3 is 0 Å². The molecule has 2 aromatic carbocycles. The molecule has 1 aliphatic rings. The lowest BCUT2D eigenvalue weighted by molar-refractivity contribution is -0.120. The quantitative estimate of drug-likeness (QED) is 0.522. The molecule has 0 unspecified atom stereocenters. The monoisotopic (exact) mass is 490 g/mol. The van der Waals surface area contributed by atoms with Gasteiger partial charge in [0.15, 0.2) is 0 Å². The van der Waals surface area contributed by atoms with Crippen molar-refractivity contribution in [3.63, 3.8) is 0 Å². The van der Waals surface area contributed by atoms with E-state index in [1.807, 2.05) is 12.1 Å². The largest absolute Gasteiger partial charge is 0.457 e. The fraction of sp³-hybridized carbons (Fsp3) is 0.261. The van der Waals surface area contributed by atoms with E-state index in [-0.39, 0.29) is 22.4 Å². The third-order valence-electron chi connectivity index (χ3n) is 5.00. The Morgan fingerprint density at radius 2 is 1.64 bits per heavy atom. The van der Waals surface area contributed by atoms with Crippen molar-refractivity contribution in [1.82, 2.24) is 9.62 Å². The predicted octanol–water partition coefficient (Wildman–Crippen LogP) is 3.56. The Bertz CT molecular complexity index is 1190. The number of nitrogens with one attached hydrogen (secondary N) is 1. The molecule has 33 heavy (non-hydrogen) atoms. The summed E-state index contributed by atoms with van der Waals surface area (Å²) in [6, 6.07) is 16.2. The second kappa shape index (κ2) is 10.4. The van der Waals surface area contributed by atoms with Crippen LogP contribution in [0.3, 0.4) is 0 Å². The molecule has 1 aromatic heterocycles. The van der Waals surface area contributed by atoms with Crippen molar-refractivity contribution in [1.29, 1.82) is 0 Å². The average molecular weight is 491 g/mol. The number of rotatable bonds is 8. The Balaban J connectivity index is 1.27. The Morgan fingerprint density at radius 1 is 1.00 bits per heavy atom. The van der Waals surface area contributed by atoms with E-state index in [4.69, 9.17) is 9.47 Å². The van der Waals surface area contributed by atoms with Crippen molar-refractivity contribution >= 4 is 27.3 Å². The van der Waals surface area contributed by atoms with Crippen LogP contribution in [0.15, 0.2) is 64.9 Å². The number of carbonyl (C=O) groups excluding carboxylic acids is 1. The van der Waals surface area contributed by atoms with Gasteiger partial charge < -0.3 is 14.8 Å². The molecule has 0 radical (unpaired) electrons. The summed E-state index contributed by atoms with van der Waals surface area (Å²) in [7, 11) is -3.55. The van der Waals surface area contributed by atoms with Gasteiger partial charge in [-0.3, -0.25) is 4.79 Å². The number of hydrogen-bond acceptors (Lipinski definition) is 6. The van der Waals surface area contributed by atoms with Gasteiger partial charge in [0.2, 0.25) is 5.91 Å². The zero-order valence-electron chi connectivity index (χ0n) is 17.7. The number of nitrogens with zero attached hydrogens (tertiary/aromatic N) is 1. The molecular formula is C23H23FN2O5S2. The van der Waals surface area contributed by atoms with Crippen LogP contribution in [0.25, 0.3) is 0 Å². The Labute approximate surface area is 195 Å². The summed E-state index contributed by atoms with van der Waals surface area (Å²) in [6.45, 7) is 1.78. The number of sulfonamides is 1. The molecule has 0 atom stereocenters. The van der Waals surface area contributed by atoms with Crippen LogP contribution in [0.5, 0.6) is 11.5 Å². The van der Waals surface area contributed by atoms with E-state index in [1.165, 1.54) is 16.4 Å². The third-order valence-corrected chi connectivity index (χ3v) is 8.45. The van der Waals surface area contributed by atoms with Crippen molar-refractivity contribution in [2.75, 3.05) is 26.3 Å². The highest BCUT2D eigenvalue weighted by Crippen LogP contribution is 2.26. The van der Waals surface area contributed by atoms with Gasteiger partial charge in [-0.2, -0.15) is 4.31 Å². The topological polar surface area (TPSA) is 84.9 Å². The number of ether oxygens (including phenoxy) is 2. The number of thiophene rings is 1. The zero-order valence-corrected chi connectivity index (χ0v) is 19.3. The van der Waals surface area contributed by atoms with E-state index in [2.05, 4.69) is 5.32 Å². The Kier molecular flexibility index (Phi) is 7.39. The highest BCUT2D eigenvalue weighted by atomic mass is 32.2. The molecule has 0 spiro atoms. The van der Waals surface area contributed by atoms with Crippen molar-refractivity contribution in [3.8, 4) is 11.5 Å². The number of halogens is 1. The van der Waals surface area contributed by atoms with Crippen molar-refractivity contribution < 1.29 is 27.1 Å². The number of benzene rings is 2. The first-order valence-electron chi connectivity index (χ1n) is 10.4. The molecule has 1 aliphatic heterocycles. The van der Waals surface area contributed by atoms with Gasteiger partial charge in [0.05, 0.1) is 19.6 Å². The molecule has 0 saturated carbocycles. The summed E-state index contributed by atoms with van der Waals surface area (Å²) >= 11 is 1.12. The molecule has 1 fully saturated rings. The zero-order chi connectivity index (χ0) is 23.3. The average Bonchev–Trinajstić information content (AvgIpc) is 3.30. The summed E-state index contributed by atoms with van der Waals surface area (Å²) in [5.41, 5.74) is 0.886. The van der Waals surface area contributed by atoms with Crippen LogP contribution in [-0.4, -0.2) is 44.9 Å². The summed E-state index contributed by atoms with van der Waals surface area (Å²) in [4.78, 5) is 13.0. The molecule has 0 aliphatic carbocycles. The summed E-state index contributed by atoms with van der Waals surface area (Å²) in [6.07, 6.45) is 0.106. The molecule has 4 rings (SSSR count). The normalized spacial score (nSPS) is 14.7. The number of hydrogen-bond donors (Lipinski definition) is 1. The molecule has 3 aromatic rings. The first-order valence-corrected chi connectivity index (χ1v) is 12.6. The first kappa shape index (κ1) is 23.4. The number of morpholine rings is 1. The second-order valence-corrected chi connectivity index (χ2v) is 10.7. The van der Waals surface area contributed by atoms with Crippen molar-refractivity contribution in [2.24, 2.45) is 0 Å². The van der Waals surface area contributed by atoms with Crippen molar-refractivity contribution in [3.05, 3.63) is 76.9 Å². The number of carbonyl (C=O) groups is 1. The van der Waals surface area contributed by atoms with Crippen LogP contribution in [0.4, 0.5) is 4.39 Å². The maximum absolute atomic E-state index is 13.0. The van der Waals surface area contributed by atoms with Gasteiger partial charge in [0.25, 0.3) is 10.0 Å². The van der Waals surface area contributed by atoms with Gasteiger partial charge in [-0.05, 0) is 54.1 Å². The standard InChI is InChI=1S/C23H23FN2O5S2/c24-18-3-7-20(8-4-18)31-19-5-1-17(2-6-19)16-25-22(27)15-21-9-10-23(32-21)33(28,29)26-11-13-30-14-12-26/h1-10H,11-16H2,(H,25,27). The SMILES string of the molecule is O=C(Cc1ccc(S(=O)(=O)N2CCOCC2)s1)NCc1ccc(Oc2ccc(F)cc2)cc1. The van der Waals surface area contributed by atoms with E-state index in [1.54, 1.807) is 36.4 Å². The van der Waals surface area contributed by atoms with Crippen molar-refractivity contribution in [2.45, 2.75) is 17.2 Å². The smallest absolute Gasteiger partial charge is 0.252 e. The molecule has 1 amide bonds. The predicted molar refractivity (Wildman–Crippen MR) is 122 cm³/mol. The van der Waals surface area contributed by atoms with Gasteiger partial charge in [-0.1, -0.05) is 12.1 Å². The lowest BCUT2D eigenvalue weighted by Crippen LogP contribution is -2.40. The molecular weight excluding hydrogens is 467 g/mol. The molecule has 7 nitrogen and oxygen atoms in total. The third kappa shape index (κ3) is 6.17. The van der Waals surface area contributed by atoms with Gasteiger partial charge in [-0.25, -0.2) is 12.8 Å². The lowest BCUT2D eigenvalue weighted by atomic mass is 10.2. The second-order valence-electron chi connectivity index (χ2n) is 7.39. The molecule has 0 bridgehead atoms. The summed E-state index contributed by atoms with van der Waals surface area (Å²) in [5, 5.41) is 2.84. The minimum atomic E-state index is -3.55. The fourth-order valence-corrected chi connectivity index (χ4v) is 6.16. The maximum atomic E-state index is 13.0. The van der Waals surface area contributed by atoms with Gasteiger partial charge in [-0.15, -0.1) is 11.3 Å². The van der Waals surface area contributed by atoms with E-state index < -0.39 is 10.0 Å². The van der Waals surface area contributed by atoms with Crippen LogP contribution in [-0.2, 0) is 32.5 Å². The molecule has 174 valence electrons. The minimum Gasteiger partial charge on any atom is -0.457 e. The molecule has 1 saturated heterocycles. The van der Waals surface area contributed by atoms with Crippen LogP contribution >= 0.6 is 11.3 Å². The molecule has 10 heteroatoms. The van der Waals surface area contributed by atoms with Crippen LogP contribution in [0.1, 0.15) is 10.4 Å². The number of amides is 1. The van der Waals surface area contributed by atoms with Gasteiger partial charge in [0.1, 0.15) is 21.5 Å². The lowest BCUT2D eigenvalue weighted by Gasteiger charge is -2.25. The van der Waals surface area contributed by atoms with Gasteiger partial charge in [0, 0.05) is 24.5 Å². The van der Waals surface area contributed by atoms with E-state index in [9.17, 15) is 17.6 Å². The Hall–Kier alpha value is -2.79. The first-order chi connectivity index (χ1) is 15.9. The van der Waals surface area contributed by atoms with Crippen LogP contribution in [0.2, 0.25) is 0 Å². The van der Waals surface area contributed by atoms with E-state index in [0.717, 1.165) is 16.9 Å². The summed E-state index contributed by atoms with van der Waals surface area (Å²) < 4.78 is 50.9. The Morgan fingerprint density at radius 3 is 2.30 bits per heavy atom. The van der Waals surface area contributed by atoms with Crippen LogP contribution in [0, 0.1) is 5.82 Å². The molecule has 1 N–H and O–H groups in total. The summed E-state index contributed by atoms with van der Waals surface area (Å²) in [5.74, 6) is 0.609. The highest BCUT2D eigenvalue weighted by Gasteiger charge is 2.27. The maximum Gasteiger partial charge on any atom is 0.252 e. The molecule has 2 heterocycles.